The molecule has 2 aliphatic rings. The summed E-state index contributed by atoms with van der Waals surface area (Å²) < 4.78 is 0. The van der Waals surface area contributed by atoms with Crippen molar-refractivity contribution in [1.82, 2.24) is 9.80 Å². The quantitative estimate of drug-likeness (QED) is 0.810. The minimum atomic E-state index is 0.787. The second kappa shape index (κ2) is 5.60. The van der Waals surface area contributed by atoms with E-state index in [1.165, 1.54) is 51.0 Å². The number of fused-ring (bicyclic) bond motifs is 1. The summed E-state index contributed by atoms with van der Waals surface area (Å²) in [4.78, 5) is 5.25. The highest BCUT2D eigenvalue weighted by Crippen LogP contribution is 2.23. The molecule has 1 aromatic rings. The van der Waals surface area contributed by atoms with Gasteiger partial charge in [-0.25, -0.2) is 0 Å². The van der Waals surface area contributed by atoms with Gasteiger partial charge >= 0.3 is 0 Å². The van der Waals surface area contributed by atoms with Crippen LogP contribution in [0.25, 0.3) is 0 Å². The van der Waals surface area contributed by atoms with Crippen LogP contribution in [0.4, 0.5) is 0 Å². The Morgan fingerprint density at radius 2 is 1.94 bits per heavy atom. The third-order valence-electron chi connectivity index (χ3n) is 4.24. The van der Waals surface area contributed by atoms with Gasteiger partial charge in [-0.05, 0) is 50.5 Å². The first kappa shape index (κ1) is 12.5. The van der Waals surface area contributed by atoms with Crippen LogP contribution in [0.15, 0.2) is 24.3 Å². The Labute approximate surface area is 115 Å². The van der Waals surface area contributed by atoms with E-state index in [9.17, 15) is 0 Å². The Bertz CT molecular complexity index is 407. The molecular formula is C15H21ClN2. The average molecular weight is 265 g/mol. The molecule has 1 atom stereocenters. The molecule has 0 bridgehead atoms. The summed E-state index contributed by atoms with van der Waals surface area (Å²) in [6.07, 6.45) is 4.05. The fraction of sp³-hybridized carbons (Fsp3) is 0.600. The van der Waals surface area contributed by atoms with Gasteiger partial charge in [0.2, 0.25) is 0 Å². The van der Waals surface area contributed by atoms with Gasteiger partial charge in [0.05, 0.1) is 0 Å². The first-order chi connectivity index (χ1) is 8.83. The molecule has 0 unspecified atom stereocenters. The van der Waals surface area contributed by atoms with Gasteiger partial charge in [-0.15, -0.1) is 0 Å². The molecule has 0 aromatic heterocycles. The van der Waals surface area contributed by atoms with E-state index in [2.05, 4.69) is 21.9 Å². The summed E-state index contributed by atoms with van der Waals surface area (Å²) in [5, 5.41) is 0.907. The lowest BCUT2D eigenvalue weighted by Crippen LogP contribution is -2.36. The highest BCUT2D eigenvalue weighted by molar-refractivity contribution is 6.31. The van der Waals surface area contributed by atoms with Crippen LogP contribution in [0.2, 0.25) is 5.02 Å². The van der Waals surface area contributed by atoms with Gasteiger partial charge in [0.15, 0.2) is 0 Å². The van der Waals surface area contributed by atoms with Crippen LogP contribution in [0, 0.1) is 0 Å². The molecule has 3 rings (SSSR count). The van der Waals surface area contributed by atoms with Crippen molar-refractivity contribution in [2.45, 2.75) is 31.8 Å². The van der Waals surface area contributed by atoms with Crippen LogP contribution in [-0.4, -0.2) is 42.0 Å². The van der Waals surface area contributed by atoms with E-state index < -0.39 is 0 Å². The summed E-state index contributed by atoms with van der Waals surface area (Å²) in [6.45, 7) is 6.02. The van der Waals surface area contributed by atoms with E-state index in [1.54, 1.807) is 0 Å². The first-order valence-corrected chi connectivity index (χ1v) is 7.40. The predicted molar refractivity (Wildman–Crippen MR) is 75.9 cm³/mol. The fourth-order valence-electron chi connectivity index (χ4n) is 3.29. The van der Waals surface area contributed by atoms with E-state index >= 15 is 0 Å². The number of hydrogen-bond donors (Lipinski definition) is 0. The van der Waals surface area contributed by atoms with Crippen molar-refractivity contribution in [2.75, 3.05) is 26.2 Å². The van der Waals surface area contributed by atoms with Crippen LogP contribution >= 0.6 is 11.6 Å². The molecule has 0 radical (unpaired) electrons. The van der Waals surface area contributed by atoms with Crippen molar-refractivity contribution in [1.29, 1.82) is 0 Å². The van der Waals surface area contributed by atoms with Crippen molar-refractivity contribution in [2.24, 2.45) is 0 Å². The van der Waals surface area contributed by atoms with Gasteiger partial charge in [0.1, 0.15) is 0 Å². The number of benzene rings is 1. The third-order valence-corrected chi connectivity index (χ3v) is 4.61. The van der Waals surface area contributed by atoms with Crippen molar-refractivity contribution in [3.05, 3.63) is 34.9 Å². The zero-order valence-corrected chi connectivity index (χ0v) is 11.6. The maximum Gasteiger partial charge on any atom is 0.0451 e. The number of hydrogen-bond acceptors (Lipinski definition) is 2. The van der Waals surface area contributed by atoms with Gasteiger partial charge in [0, 0.05) is 24.2 Å². The third kappa shape index (κ3) is 2.71. The minimum absolute atomic E-state index is 0.787. The van der Waals surface area contributed by atoms with E-state index in [-0.39, 0.29) is 0 Å². The second-order valence-electron chi connectivity index (χ2n) is 5.51. The summed E-state index contributed by atoms with van der Waals surface area (Å²) in [7, 11) is 0. The van der Waals surface area contributed by atoms with E-state index in [0.717, 1.165) is 17.6 Å². The maximum absolute atomic E-state index is 6.26. The average Bonchev–Trinajstić information content (AvgIpc) is 2.71. The molecule has 0 spiro atoms. The SMILES string of the molecule is Clc1ccccc1CN1CCCN2CCC[C@H]2C1. The van der Waals surface area contributed by atoms with E-state index in [4.69, 9.17) is 11.6 Å². The summed E-state index contributed by atoms with van der Waals surface area (Å²) in [5.74, 6) is 0. The molecule has 0 N–H and O–H groups in total. The zero-order chi connectivity index (χ0) is 12.4. The molecule has 0 amide bonds. The molecule has 98 valence electrons. The molecule has 2 fully saturated rings. The highest BCUT2D eigenvalue weighted by atomic mass is 35.5. The van der Waals surface area contributed by atoms with Crippen LogP contribution in [0.1, 0.15) is 24.8 Å². The van der Waals surface area contributed by atoms with Crippen molar-refractivity contribution >= 4 is 11.6 Å². The first-order valence-electron chi connectivity index (χ1n) is 7.03. The molecule has 0 aliphatic carbocycles. The van der Waals surface area contributed by atoms with Crippen molar-refractivity contribution in [3.8, 4) is 0 Å². The largest absolute Gasteiger partial charge is 0.299 e. The number of halogens is 1. The molecular weight excluding hydrogens is 244 g/mol. The standard InChI is InChI=1S/C15H21ClN2/c16-15-7-2-1-5-13(15)11-17-8-4-10-18-9-3-6-14(18)12-17/h1-2,5,7,14H,3-4,6,8-12H2/t14-/m0/s1. The highest BCUT2D eigenvalue weighted by Gasteiger charge is 2.28. The Kier molecular flexibility index (Phi) is 3.88. The second-order valence-corrected chi connectivity index (χ2v) is 5.92. The topological polar surface area (TPSA) is 6.48 Å². The lowest BCUT2D eigenvalue weighted by molar-refractivity contribution is 0.215. The molecule has 1 aromatic carbocycles. The lowest BCUT2D eigenvalue weighted by Gasteiger charge is -2.25. The van der Waals surface area contributed by atoms with Gasteiger partial charge in [0.25, 0.3) is 0 Å². The van der Waals surface area contributed by atoms with Crippen molar-refractivity contribution in [3.63, 3.8) is 0 Å². The van der Waals surface area contributed by atoms with Crippen molar-refractivity contribution < 1.29 is 0 Å². The molecule has 2 heterocycles. The van der Waals surface area contributed by atoms with Crippen LogP contribution in [0.3, 0.4) is 0 Å². The fourth-order valence-corrected chi connectivity index (χ4v) is 3.49. The van der Waals surface area contributed by atoms with E-state index in [0.29, 0.717) is 0 Å². The predicted octanol–water partition coefficient (Wildman–Crippen LogP) is 3.01. The zero-order valence-electron chi connectivity index (χ0n) is 10.8. The lowest BCUT2D eigenvalue weighted by atomic mass is 10.1. The van der Waals surface area contributed by atoms with Gasteiger partial charge < -0.3 is 0 Å². The number of nitrogens with zero attached hydrogens (tertiary/aromatic N) is 2. The molecule has 0 saturated carbocycles. The summed E-state index contributed by atoms with van der Waals surface area (Å²) in [5.41, 5.74) is 1.27. The summed E-state index contributed by atoms with van der Waals surface area (Å²) >= 11 is 6.26. The number of rotatable bonds is 2. The van der Waals surface area contributed by atoms with Gasteiger partial charge in [-0.2, -0.15) is 0 Å². The minimum Gasteiger partial charge on any atom is -0.299 e. The van der Waals surface area contributed by atoms with E-state index in [1.807, 2.05) is 12.1 Å². The Morgan fingerprint density at radius 3 is 2.83 bits per heavy atom. The maximum atomic E-state index is 6.26. The molecule has 2 nitrogen and oxygen atoms in total. The molecule has 3 heteroatoms. The molecule has 18 heavy (non-hydrogen) atoms. The van der Waals surface area contributed by atoms with Crippen LogP contribution in [-0.2, 0) is 6.54 Å². The smallest absolute Gasteiger partial charge is 0.0451 e. The van der Waals surface area contributed by atoms with Gasteiger partial charge in [-0.1, -0.05) is 29.8 Å². The van der Waals surface area contributed by atoms with Crippen LogP contribution < -0.4 is 0 Å². The molecule has 2 saturated heterocycles. The Morgan fingerprint density at radius 1 is 1.11 bits per heavy atom. The summed E-state index contributed by atoms with van der Waals surface area (Å²) in [6, 6.07) is 9.03. The Balaban J connectivity index is 1.67. The van der Waals surface area contributed by atoms with Gasteiger partial charge in [-0.3, -0.25) is 9.80 Å². The molecule has 2 aliphatic heterocycles. The monoisotopic (exact) mass is 264 g/mol. The Hall–Kier alpha value is -0.570. The van der Waals surface area contributed by atoms with Crippen LogP contribution in [0.5, 0.6) is 0 Å². The normalized spacial score (nSPS) is 25.9.